The minimum atomic E-state index is -0.572. The first-order chi connectivity index (χ1) is 8.76. The van der Waals surface area contributed by atoms with Gasteiger partial charge in [0.1, 0.15) is 0 Å². The highest BCUT2D eigenvalue weighted by atomic mass is 19.1. The van der Waals surface area contributed by atoms with E-state index in [0.29, 0.717) is 0 Å². The van der Waals surface area contributed by atoms with E-state index in [2.05, 4.69) is 37.8 Å². The summed E-state index contributed by atoms with van der Waals surface area (Å²) in [4.78, 5) is 0. The lowest BCUT2D eigenvalue weighted by Gasteiger charge is -2.09. The van der Waals surface area contributed by atoms with Crippen molar-refractivity contribution >= 4 is 0 Å². The van der Waals surface area contributed by atoms with Gasteiger partial charge in [0, 0.05) is 5.56 Å². The van der Waals surface area contributed by atoms with Crippen LogP contribution in [0.15, 0.2) is 24.3 Å². The van der Waals surface area contributed by atoms with E-state index in [0.717, 1.165) is 17.9 Å². The zero-order valence-corrected chi connectivity index (χ0v) is 11.5. The van der Waals surface area contributed by atoms with Gasteiger partial charge in [-0.05, 0) is 36.5 Å². The Morgan fingerprint density at radius 3 is 2.50 bits per heavy atom. The van der Waals surface area contributed by atoms with E-state index in [4.69, 9.17) is 0 Å². The molecule has 0 aromatic heterocycles. The predicted molar refractivity (Wildman–Crippen MR) is 76.3 cm³/mol. The average molecular weight is 246 g/mol. The molecule has 1 heteroatoms. The van der Waals surface area contributed by atoms with Crippen molar-refractivity contribution in [3.05, 3.63) is 35.4 Å². The third kappa shape index (κ3) is 5.87. The summed E-state index contributed by atoms with van der Waals surface area (Å²) in [6.45, 7) is 4.00. The molecule has 0 fully saturated rings. The van der Waals surface area contributed by atoms with Gasteiger partial charge in [0.25, 0.3) is 0 Å². The minimum Gasteiger partial charge on any atom is -0.237 e. The molecule has 0 amide bonds. The van der Waals surface area contributed by atoms with E-state index in [-0.39, 0.29) is 0 Å². The Labute approximate surface area is 111 Å². The van der Waals surface area contributed by atoms with Gasteiger partial charge >= 0.3 is 0 Å². The van der Waals surface area contributed by atoms with Crippen molar-refractivity contribution < 1.29 is 4.39 Å². The molecule has 1 aromatic rings. The molecule has 98 valence electrons. The summed E-state index contributed by atoms with van der Waals surface area (Å²) in [5.74, 6) is 6.06. The molecule has 18 heavy (non-hydrogen) atoms. The number of benzene rings is 1. The lowest BCUT2D eigenvalue weighted by Crippen LogP contribution is -1.95. The summed E-state index contributed by atoms with van der Waals surface area (Å²) in [5, 5.41) is 0. The lowest BCUT2D eigenvalue weighted by molar-refractivity contribution is 0.469. The molecule has 0 radical (unpaired) electrons. The van der Waals surface area contributed by atoms with Crippen molar-refractivity contribution in [2.45, 2.75) is 46.0 Å². The highest BCUT2D eigenvalue weighted by molar-refractivity contribution is 5.36. The first kappa shape index (κ1) is 14.8. The summed E-state index contributed by atoms with van der Waals surface area (Å²) < 4.78 is 11.9. The maximum Gasteiger partial charge on any atom is 0.150 e. The highest BCUT2D eigenvalue weighted by Crippen LogP contribution is 2.15. The maximum atomic E-state index is 11.9. The van der Waals surface area contributed by atoms with Crippen LogP contribution in [-0.4, -0.2) is 6.67 Å². The van der Waals surface area contributed by atoms with Gasteiger partial charge in [-0.3, -0.25) is 0 Å². The summed E-state index contributed by atoms with van der Waals surface area (Å²) in [6, 6.07) is 8.17. The van der Waals surface area contributed by atoms with Gasteiger partial charge < -0.3 is 0 Å². The molecule has 0 saturated carbocycles. The summed E-state index contributed by atoms with van der Waals surface area (Å²) in [5.41, 5.74) is 2.25. The van der Waals surface area contributed by atoms with Gasteiger partial charge in [-0.2, -0.15) is 0 Å². The van der Waals surface area contributed by atoms with Crippen molar-refractivity contribution in [2.75, 3.05) is 6.67 Å². The molecular formula is C17H23F. The monoisotopic (exact) mass is 246 g/mol. The molecule has 0 aliphatic carbocycles. The highest BCUT2D eigenvalue weighted by Gasteiger charge is 2.00. The molecule has 0 spiro atoms. The quantitative estimate of drug-likeness (QED) is 0.634. The van der Waals surface area contributed by atoms with Crippen molar-refractivity contribution in [1.29, 1.82) is 0 Å². The Morgan fingerprint density at radius 1 is 1.17 bits per heavy atom. The smallest absolute Gasteiger partial charge is 0.150 e. The molecule has 1 unspecified atom stereocenters. The third-order valence-corrected chi connectivity index (χ3v) is 3.20. The lowest BCUT2D eigenvalue weighted by atomic mass is 9.97. The minimum absolute atomic E-state index is 0.572. The zero-order valence-electron chi connectivity index (χ0n) is 11.5. The fourth-order valence-corrected chi connectivity index (χ4v) is 2.18. The molecule has 0 N–H and O–H groups in total. The van der Waals surface area contributed by atoms with E-state index in [1.165, 1.54) is 31.2 Å². The summed E-state index contributed by atoms with van der Waals surface area (Å²) in [6.07, 6.45) is 6.29. The Hall–Kier alpha value is -1.29. The van der Waals surface area contributed by atoms with Crippen LogP contribution in [0.25, 0.3) is 0 Å². The van der Waals surface area contributed by atoms with Gasteiger partial charge in [-0.25, -0.2) is 4.39 Å². The molecule has 1 atom stereocenters. The van der Waals surface area contributed by atoms with Crippen molar-refractivity contribution in [2.24, 2.45) is 5.92 Å². The predicted octanol–water partition coefficient (Wildman–Crippen LogP) is 4.77. The van der Waals surface area contributed by atoms with Crippen LogP contribution in [0.4, 0.5) is 4.39 Å². The van der Waals surface area contributed by atoms with Crippen LogP contribution < -0.4 is 0 Å². The summed E-state index contributed by atoms with van der Waals surface area (Å²) in [7, 11) is 0. The van der Waals surface area contributed by atoms with Crippen molar-refractivity contribution in [3.63, 3.8) is 0 Å². The topological polar surface area (TPSA) is 0 Å². The Kier molecular flexibility index (Phi) is 7.18. The van der Waals surface area contributed by atoms with E-state index >= 15 is 0 Å². The Bertz CT molecular complexity index is 380. The second kappa shape index (κ2) is 8.75. The molecule has 0 aliphatic heterocycles. The molecule has 0 saturated heterocycles. The fraction of sp³-hybridized carbons (Fsp3) is 0.529. The van der Waals surface area contributed by atoms with E-state index < -0.39 is 6.67 Å². The molecular weight excluding hydrogens is 223 g/mol. The molecule has 0 heterocycles. The van der Waals surface area contributed by atoms with E-state index in [1.807, 2.05) is 12.1 Å². The SMILES string of the molecule is CCCC(C)CCCc1ccc(C#CCF)cc1. The molecule has 0 aliphatic rings. The van der Waals surface area contributed by atoms with E-state index in [9.17, 15) is 4.39 Å². The van der Waals surface area contributed by atoms with Gasteiger partial charge in [0.2, 0.25) is 0 Å². The van der Waals surface area contributed by atoms with Crippen molar-refractivity contribution in [3.8, 4) is 11.8 Å². The number of halogens is 1. The fourth-order valence-electron chi connectivity index (χ4n) is 2.18. The maximum absolute atomic E-state index is 11.9. The first-order valence-corrected chi connectivity index (χ1v) is 6.90. The molecule has 1 rings (SSSR count). The van der Waals surface area contributed by atoms with Crippen LogP contribution >= 0.6 is 0 Å². The number of hydrogen-bond acceptors (Lipinski definition) is 0. The normalized spacial score (nSPS) is 11.7. The van der Waals surface area contributed by atoms with Gasteiger partial charge in [-0.1, -0.05) is 57.1 Å². The number of rotatable bonds is 6. The van der Waals surface area contributed by atoms with Gasteiger partial charge in [0.05, 0.1) is 0 Å². The number of alkyl halides is 1. The molecule has 1 aromatic carbocycles. The van der Waals surface area contributed by atoms with Crippen LogP contribution in [-0.2, 0) is 6.42 Å². The van der Waals surface area contributed by atoms with Gasteiger partial charge in [0.15, 0.2) is 6.67 Å². The Balaban J connectivity index is 2.35. The van der Waals surface area contributed by atoms with Crippen LogP contribution in [0, 0.1) is 17.8 Å². The van der Waals surface area contributed by atoms with Crippen molar-refractivity contribution in [1.82, 2.24) is 0 Å². The van der Waals surface area contributed by atoms with E-state index in [1.54, 1.807) is 0 Å². The first-order valence-electron chi connectivity index (χ1n) is 6.90. The van der Waals surface area contributed by atoms with Crippen LogP contribution in [0.2, 0.25) is 0 Å². The van der Waals surface area contributed by atoms with Gasteiger partial charge in [-0.15, -0.1) is 0 Å². The largest absolute Gasteiger partial charge is 0.237 e. The van der Waals surface area contributed by atoms with Crippen LogP contribution in [0.1, 0.15) is 50.7 Å². The Morgan fingerprint density at radius 2 is 1.89 bits per heavy atom. The summed E-state index contributed by atoms with van der Waals surface area (Å²) >= 11 is 0. The standard InChI is InChI=1S/C17H23F/c1-3-6-15(2)7-4-8-16-10-12-17(13-11-16)9-5-14-18/h10-13,15H,3-4,6-8,14H2,1-2H3. The second-order valence-corrected chi connectivity index (χ2v) is 4.92. The third-order valence-electron chi connectivity index (χ3n) is 3.20. The second-order valence-electron chi connectivity index (χ2n) is 4.92. The molecule has 0 nitrogen and oxygen atoms in total. The number of hydrogen-bond donors (Lipinski definition) is 0. The molecule has 0 bridgehead atoms. The number of aryl methyl sites for hydroxylation is 1. The van der Waals surface area contributed by atoms with Crippen LogP contribution in [0.3, 0.4) is 0 Å². The average Bonchev–Trinajstić information content (AvgIpc) is 2.38. The van der Waals surface area contributed by atoms with Crippen LogP contribution in [0.5, 0.6) is 0 Å². The zero-order chi connectivity index (χ0) is 13.2.